The van der Waals surface area contributed by atoms with Crippen molar-refractivity contribution in [3.8, 4) is 0 Å². The van der Waals surface area contributed by atoms with Crippen LogP contribution in [0.5, 0.6) is 0 Å². The quantitative estimate of drug-likeness (QED) is 0.468. The van der Waals surface area contributed by atoms with Gasteiger partial charge in [0.2, 0.25) is 5.91 Å². The number of carboxylic acid groups (broad SMARTS) is 1. The van der Waals surface area contributed by atoms with Gasteiger partial charge in [-0.25, -0.2) is 0 Å². The number of amides is 1. The van der Waals surface area contributed by atoms with Gasteiger partial charge in [-0.1, -0.05) is 63.4 Å². The molecule has 2 N–H and O–H groups in total. The van der Waals surface area contributed by atoms with Crippen LogP contribution in [0.15, 0.2) is 55.1 Å². The second-order valence-electron chi connectivity index (χ2n) is 8.41. The summed E-state index contributed by atoms with van der Waals surface area (Å²) >= 11 is 0. The largest absolute Gasteiger partial charge is 0.480 e. The topological polar surface area (TPSA) is 92.7 Å². The molecule has 3 unspecified atom stereocenters. The van der Waals surface area contributed by atoms with Crippen LogP contribution >= 0.6 is 0 Å². The Bertz CT molecular complexity index is 915. The van der Waals surface area contributed by atoms with Crippen LogP contribution in [0.25, 0.3) is 5.57 Å². The van der Waals surface area contributed by atoms with Gasteiger partial charge in [0.05, 0.1) is 0 Å². The first-order chi connectivity index (χ1) is 15.2. The summed E-state index contributed by atoms with van der Waals surface area (Å²) in [5.74, 6) is -2.11. The molecule has 6 nitrogen and oxygen atoms in total. The van der Waals surface area contributed by atoms with Gasteiger partial charge in [0.15, 0.2) is 0 Å². The molecule has 0 saturated heterocycles. The summed E-state index contributed by atoms with van der Waals surface area (Å²) in [6, 6.07) is 7.03. The lowest BCUT2D eigenvalue weighted by Crippen LogP contribution is -2.43. The first kappa shape index (κ1) is 25.1. The van der Waals surface area contributed by atoms with E-state index in [-0.39, 0.29) is 42.7 Å². The minimum Gasteiger partial charge on any atom is -0.480 e. The normalized spacial score (nSPS) is 16.8. The molecule has 0 spiro atoms. The van der Waals surface area contributed by atoms with Crippen LogP contribution in [0.2, 0.25) is 0 Å². The van der Waals surface area contributed by atoms with Gasteiger partial charge in [-0.05, 0) is 48.0 Å². The number of aliphatic carboxylic acids is 1. The molecule has 172 valence electrons. The molecule has 32 heavy (non-hydrogen) atoms. The lowest BCUT2D eigenvalue weighted by Gasteiger charge is -2.21. The molecule has 0 fully saturated rings. The lowest BCUT2D eigenvalue weighted by atomic mass is 9.89. The van der Waals surface area contributed by atoms with Crippen molar-refractivity contribution in [2.24, 2.45) is 11.8 Å². The number of benzene rings is 1. The highest BCUT2D eigenvalue weighted by atomic mass is 16.5. The highest BCUT2D eigenvalue weighted by Crippen LogP contribution is 2.43. The lowest BCUT2D eigenvalue weighted by molar-refractivity contribution is -0.144. The summed E-state index contributed by atoms with van der Waals surface area (Å²) in [6.45, 7) is 13.3. The molecule has 3 atom stereocenters. The number of hydrogen-bond donors (Lipinski definition) is 2. The van der Waals surface area contributed by atoms with Crippen LogP contribution < -0.4 is 5.32 Å². The molecular formula is C26H33NO5. The smallest absolute Gasteiger partial charge is 0.325 e. The van der Waals surface area contributed by atoms with E-state index >= 15 is 0 Å². The van der Waals surface area contributed by atoms with Gasteiger partial charge in [0.25, 0.3) is 0 Å². The molecule has 0 bridgehead atoms. The standard InChI is InChI=1S/C26H33NO5/c1-6-18-19(7-2)23(22-12-9-8-11-21(18)22)15-32-24(28)14-10-13-20(16(3)4)25(29)27-17(5)26(30)31/h6-9,11-12,16-17,20,23H,1-2,10,13-15H2,3-5H3,(H,27,29)(H,30,31). The number of esters is 1. The van der Waals surface area contributed by atoms with Crippen molar-refractivity contribution < 1.29 is 24.2 Å². The number of carboxylic acids is 1. The Morgan fingerprint density at radius 3 is 2.44 bits per heavy atom. The molecule has 1 amide bonds. The summed E-state index contributed by atoms with van der Waals surface area (Å²) < 4.78 is 5.57. The molecule has 2 rings (SSSR count). The third-order valence-electron chi connectivity index (χ3n) is 5.91. The zero-order valence-corrected chi connectivity index (χ0v) is 19.1. The van der Waals surface area contributed by atoms with Crippen molar-refractivity contribution in [1.29, 1.82) is 0 Å². The van der Waals surface area contributed by atoms with E-state index in [1.165, 1.54) is 6.92 Å². The van der Waals surface area contributed by atoms with E-state index in [9.17, 15) is 14.4 Å². The minimum atomic E-state index is -1.08. The number of ether oxygens (including phenoxy) is 1. The van der Waals surface area contributed by atoms with Crippen molar-refractivity contribution >= 4 is 23.4 Å². The van der Waals surface area contributed by atoms with Gasteiger partial charge >= 0.3 is 11.9 Å². The van der Waals surface area contributed by atoms with Gasteiger partial charge in [0, 0.05) is 18.3 Å². The summed E-state index contributed by atoms with van der Waals surface area (Å²) in [5, 5.41) is 11.5. The Kier molecular flexibility index (Phi) is 9.00. The van der Waals surface area contributed by atoms with Crippen LogP contribution in [0.3, 0.4) is 0 Å². The van der Waals surface area contributed by atoms with Gasteiger partial charge in [-0.3, -0.25) is 14.4 Å². The third-order valence-corrected chi connectivity index (χ3v) is 5.91. The van der Waals surface area contributed by atoms with Crippen molar-refractivity contribution in [3.63, 3.8) is 0 Å². The number of carbonyl (C=O) groups is 3. The summed E-state index contributed by atoms with van der Waals surface area (Å²) in [5.41, 5.74) is 4.19. The zero-order chi connectivity index (χ0) is 23.8. The van der Waals surface area contributed by atoms with Crippen LogP contribution in [0, 0.1) is 11.8 Å². The van der Waals surface area contributed by atoms with Gasteiger partial charge in [0.1, 0.15) is 12.6 Å². The van der Waals surface area contributed by atoms with E-state index in [4.69, 9.17) is 9.84 Å². The van der Waals surface area contributed by atoms with E-state index in [1.807, 2.05) is 38.1 Å². The van der Waals surface area contributed by atoms with Crippen LogP contribution in [0.1, 0.15) is 57.1 Å². The van der Waals surface area contributed by atoms with E-state index in [0.717, 1.165) is 22.3 Å². The summed E-state index contributed by atoms with van der Waals surface area (Å²) in [7, 11) is 0. The third kappa shape index (κ3) is 5.96. The predicted molar refractivity (Wildman–Crippen MR) is 125 cm³/mol. The molecule has 0 heterocycles. The Hall–Kier alpha value is -3.15. The monoisotopic (exact) mass is 439 g/mol. The number of fused-ring (bicyclic) bond motifs is 1. The van der Waals surface area contributed by atoms with Crippen molar-refractivity contribution in [1.82, 2.24) is 5.32 Å². The fourth-order valence-electron chi connectivity index (χ4n) is 4.08. The fraction of sp³-hybridized carbons (Fsp3) is 0.423. The van der Waals surface area contributed by atoms with E-state index < -0.39 is 12.0 Å². The van der Waals surface area contributed by atoms with E-state index in [1.54, 1.807) is 12.2 Å². The number of allylic oxidation sites excluding steroid dienone is 3. The molecule has 1 aromatic rings. The van der Waals surface area contributed by atoms with E-state index in [2.05, 4.69) is 18.5 Å². The van der Waals surface area contributed by atoms with Gasteiger partial charge in [-0.2, -0.15) is 0 Å². The van der Waals surface area contributed by atoms with Crippen molar-refractivity contribution in [2.45, 2.75) is 52.0 Å². The molecule has 1 aliphatic rings. The molecule has 0 saturated carbocycles. The molecule has 0 aromatic heterocycles. The Balaban J connectivity index is 1.91. The molecular weight excluding hydrogens is 406 g/mol. The predicted octanol–water partition coefficient (Wildman–Crippen LogP) is 4.48. The number of rotatable bonds is 12. The Morgan fingerprint density at radius 1 is 1.16 bits per heavy atom. The number of nitrogens with one attached hydrogen (secondary N) is 1. The van der Waals surface area contributed by atoms with Crippen LogP contribution in [-0.2, 0) is 19.1 Å². The Morgan fingerprint density at radius 2 is 1.84 bits per heavy atom. The fourth-order valence-corrected chi connectivity index (χ4v) is 4.08. The van der Waals surface area contributed by atoms with Gasteiger partial charge in [-0.15, -0.1) is 0 Å². The molecule has 0 radical (unpaired) electrons. The second-order valence-corrected chi connectivity index (χ2v) is 8.41. The van der Waals surface area contributed by atoms with E-state index in [0.29, 0.717) is 12.8 Å². The maximum Gasteiger partial charge on any atom is 0.325 e. The minimum absolute atomic E-state index is 0.0274. The summed E-state index contributed by atoms with van der Waals surface area (Å²) in [4.78, 5) is 35.8. The molecule has 6 heteroatoms. The van der Waals surface area contributed by atoms with Gasteiger partial charge < -0.3 is 15.2 Å². The highest BCUT2D eigenvalue weighted by Gasteiger charge is 2.29. The average molecular weight is 440 g/mol. The SMILES string of the molecule is C=CC1=C(C=C)C(COC(=O)CCCC(C(=O)NC(C)C(=O)O)C(C)C)c2ccccc21. The number of carbonyl (C=O) groups excluding carboxylic acids is 2. The molecule has 1 aliphatic carbocycles. The Labute approximate surface area is 190 Å². The first-order valence-corrected chi connectivity index (χ1v) is 11.0. The molecule has 0 aliphatic heterocycles. The zero-order valence-electron chi connectivity index (χ0n) is 19.1. The second kappa shape index (κ2) is 11.5. The average Bonchev–Trinajstić information content (AvgIpc) is 3.07. The number of hydrogen-bond acceptors (Lipinski definition) is 4. The maximum atomic E-state index is 12.4. The molecule has 1 aromatic carbocycles. The van der Waals surface area contributed by atoms with Crippen molar-refractivity contribution in [2.75, 3.05) is 6.61 Å². The first-order valence-electron chi connectivity index (χ1n) is 11.0. The van der Waals surface area contributed by atoms with Crippen molar-refractivity contribution in [3.05, 3.63) is 66.3 Å². The maximum absolute atomic E-state index is 12.4. The van der Waals surface area contributed by atoms with Crippen LogP contribution in [-0.4, -0.2) is 35.6 Å². The highest BCUT2D eigenvalue weighted by molar-refractivity contribution is 5.86. The summed E-state index contributed by atoms with van der Waals surface area (Å²) in [6.07, 6.45) is 4.76. The van der Waals surface area contributed by atoms with Crippen LogP contribution in [0.4, 0.5) is 0 Å².